The molecule has 96 valence electrons. The molecule has 3 heteroatoms. The summed E-state index contributed by atoms with van der Waals surface area (Å²) in [5, 5.41) is 8.96. The van der Waals surface area contributed by atoms with Gasteiger partial charge in [0.1, 0.15) is 18.1 Å². The van der Waals surface area contributed by atoms with Crippen molar-refractivity contribution in [3.8, 4) is 0 Å². The minimum Gasteiger partial charge on any atom is -0.462 e. The second-order valence-electron chi connectivity index (χ2n) is 5.35. The van der Waals surface area contributed by atoms with Gasteiger partial charge in [-0.2, -0.15) is 0 Å². The Hall–Kier alpha value is -0.800. The number of nitrogens with zero attached hydrogens (tertiary/aromatic N) is 1. The monoisotopic (exact) mass is 237 g/mol. The SMILES string of the molecule is CC1CCC(N(C)Cc2ccc(CO)o2)CC1. The van der Waals surface area contributed by atoms with Gasteiger partial charge in [-0.3, -0.25) is 4.90 Å². The van der Waals surface area contributed by atoms with Crippen molar-refractivity contribution in [2.75, 3.05) is 7.05 Å². The predicted molar refractivity (Wildman–Crippen MR) is 67.5 cm³/mol. The second-order valence-corrected chi connectivity index (χ2v) is 5.35. The summed E-state index contributed by atoms with van der Waals surface area (Å²) in [6.07, 6.45) is 5.28. The lowest BCUT2D eigenvalue weighted by atomic mass is 9.87. The summed E-state index contributed by atoms with van der Waals surface area (Å²) in [4.78, 5) is 2.38. The number of aliphatic hydroxyl groups excluding tert-OH is 1. The van der Waals surface area contributed by atoms with Gasteiger partial charge < -0.3 is 9.52 Å². The average Bonchev–Trinajstić information content (AvgIpc) is 2.77. The first kappa shape index (κ1) is 12.7. The standard InChI is InChI=1S/C14H23NO2/c1-11-3-5-12(6-4-11)15(2)9-13-7-8-14(10-16)17-13/h7-8,11-12,16H,3-6,9-10H2,1-2H3. The zero-order chi connectivity index (χ0) is 12.3. The number of hydrogen-bond acceptors (Lipinski definition) is 3. The largest absolute Gasteiger partial charge is 0.462 e. The molecule has 1 saturated carbocycles. The molecule has 0 saturated heterocycles. The molecule has 17 heavy (non-hydrogen) atoms. The molecule has 0 aromatic carbocycles. The van der Waals surface area contributed by atoms with Crippen LogP contribution in [0.5, 0.6) is 0 Å². The van der Waals surface area contributed by atoms with Gasteiger partial charge >= 0.3 is 0 Å². The van der Waals surface area contributed by atoms with E-state index in [2.05, 4.69) is 18.9 Å². The summed E-state index contributed by atoms with van der Waals surface area (Å²) in [7, 11) is 2.17. The van der Waals surface area contributed by atoms with Crippen molar-refractivity contribution in [1.29, 1.82) is 0 Å². The molecule has 3 nitrogen and oxygen atoms in total. The van der Waals surface area contributed by atoms with Crippen LogP contribution in [0.1, 0.15) is 44.1 Å². The van der Waals surface area contributed by atoms with Crippen LogP contribution >= 0.6 is 0 Å². The van der Waals surface area contributed by atoms with Crippen molar-refractivity contribution in [1.82, 2.24) is 4.90 Å². The summed E-state index contributed by atoms with van der Waals surface area (Å²) >= 11 is 0. The highest BCUT2D eigenvalue weighted by Gasteiger charge is 2.22. The Bertz CT molecular complexity index is 340. The van der Waals surface area contributed by atoms with Crippen molar-refractivity contribution in [2.45, 2.75) is 51.8 Å². The van der Waals surface area contributed by atoms with Gasteiger partial charge in [-0.15, -0.1) is 0 Å². The molecule has 0 unspecified atom stereocenters. The highest BCUT2D eigenvalue weighted by Crippen LogP contribution is 2.27. The molecule has 1 aromatic rings. The van der Waals surface area contributed by atoms with E-state index in [1.165, 1.54) is 25.7 Å². The lowest BCUT2D eigenvalue weighted by Gasteiger charge is -2.33. The number of aliphatic hydroxyl groups is 1. The minimum absolute atomic E-state index is 0.00927. The van der Waals surface area contributed by atoms with Crippen LogP contribution in [0.25, 0.3) is 0 Å². The molecule has 2 rings (SSSR count). The Balaban J connectivity index is 1.85. The van der Waals surface area contributed by atoms with Crippen LogP contribution in [0.3, 0.4) is 0 Å². The maximum atomic E-state index is 8.96. The van der Waals surface area contributed by atoms with Crippen molar-refractivity contribution < 1.29 is 9.52 Å². The molecular weight excluding hydrogens is 214 g/mol. The van der Waals surface area contributed by atoms with E-state index in [9.17, 15) is 0 Å². The third kappa shape index (κ3) is 3.33. The fourth-order valence-electron chi connectivity index (χ4n) is 2.65. The van der Waals surface area contributed by atoms with Crippen LogP contribution < -0.4 is 0 Å². The molecule has 1 aromatic heterocycles. The molecule has 0 spiro atoms. The van der Waals surface area contributed by atoms with Gasteiger partial charge in [0.25, 0.3) is 0 Å². The van der Waals surface area contributed by atoms with Gasteiger partial charge in [0.05, 0.1) is 6.54 Å². The summed E-state index contributed by atoms with van der Waals surface area (Å²) in [6, 6.07) is 4.51. The molecule has 0 bridgehead atoms. The topological polar surface area (TPSA) is 36.6 Å². The van der Waals surface area contributed by atoms with E-state index in [1.807, 2.05) is 12.1 Å². The number of hydrogen-bond donors (Lipinski definition) is 1. The maximum Gasteiger partial charge on any atom is 0.129 e. The van der Waals surface area contributed by atoms with Gasteiger partial charge in [-0.1, -0.05) is 6.92 Å². The van der Waals surface area contributed by atoms with Crippen LogP contribution in [-0.2, 0) is 13.2 Å². The van der Waals surface area contributed by atoms with Gasteiger partial charge in [0.15, 0.2) is 0 Å². The van der Waals surface area contributed by atoms with Crippen molar-refractivity contribution >= 4 is 0 Å². The Morgan fingerprint density at radius 3 is 2.47 bits per heavy atom. The molecule has 0 aliphatic heterocycles. The van der Waals surface area contributed by atoms with E-state index in [4.69, 9.17) is 9.52 Å². The summed E-state index contributed by atoms with van der Waals surface area (Å²) < 4.78 is 5.52. The van der Waals surface area contributed by atoms with Crippen LogP contribution in [0.15, 0.2) is 16.5 Å². The van der Waals surface area contributed by atoms with E-state index in [1.54, 1.807) is 0 Å². The molecule has 1 aliphatic rings. The van der Waals surface area contributed by atoms with Crippen molar-refractivity contribution in [2.24, 2.45) is 5.92 Å². The van der Waals surface area contributed by atoms with E-state index in [0.717, 1.165) is 18.2 Å². The van der Waals surface area contributed by atoms with E-state index in [-0.39, 0.29) is 6.61 Å². The first-order valence-corrected chi connectivity index (χ1v) is 6.57. The molecule has 0 radical (unpaired) electrons. The Labute approximate surface area is 103 Å². The molecule has 1 aliphatic carbocycles. The molecule has 1 fully saturated rings. The maximum absolute atomic E-state index is 8.96. The molecule has 1 heterocycles. The molecular formula is C14H23NO2. The highest BCUT2D eigenvalue weighted by molar-refractivity contribution is 5.06. The highest BCUT2D eigenvalue weighted by atomic mass is 16.4. The average molecular weight is 237 g/mol. The first-order valence-electron chi connectivity index (χ1n) is 6.57. The summed E-state index contributed by atoms with van der Waals surface area (Å²) in [5.74, 6) is 2.50. The smallest absolute Gasteiger partial charge is 0.129 e. The van der Waals surface area contributed by atoms with E-state index < -0.39 is 0 Å². The number of rotatable bonds is 4. The van der Waals surface area contributed by atoms with Crippen LogP contribution in [0.2, 0.25) is 0 Å². The fraction of sp³-hybridized carbons (Fsp3) is 0.714. The van der Waals surface area contributed by atoms with Crippen molar-refractivity contribution in [3.63, 3.8) is 0 Å². The number of furan rings is 1. The van der Waals surface area contributed by atoms with Gasteiger partial charge in [-0.25, -0.2) is 0 Å². The summed E-state index contributed by atoms with van der Waals surface area (Å²) in [6.45, 7) is 3.18. The Kier molecular flexibility index (Phi) is 4.24. The quantitative estimate of drug-likeness (QED) is 0.874. The van der Waals surface area contributed by atoms with Gasteiger partial charge in [0.2, 0.25) is 0 Å². The van der Waals surface area contributed by atoms with Gasteiger partial charge in [-0.05, 0) is 50.8 Å². The Morgan fingerprint density at radius 2 is 1.88 bits per heavy atom. The van der Waals surface area contributed by atoms with Crippen molar-refractivity contribution in [3.05, 3.63) is 23.7 Å². The lowest BCUT2D eigenvalue weighted by molar-refractivity contribution is 0.151. The zero-order valence-corrected chi connectivity index (χ0v) is 10.9. The molecule has 1 N–H and O–H groups in total. The van der Waals surface area contributed by atoms with E-state index >= 15 is 0 Å². The molecule has 0 atom stereocenters. The predicted octanol–water partition coefficient (Wildman–Crippen LogP) is 2.78. The summed E-state index contributed by atoms with van der Waals surface area (Å²) in [5.41, 5.74) is 0. The third-order valence-corrected chi connectivity index (χ3v) is 3.89. The first-order chi connectivity index (χ1) is 8.19. The molecule has 0 amide bonds. The van der Waals surface area contributed by atoms with E-state index in [0.29, 0.717) is 11.8 Å². The van der Waals surface area contributed by atoms with Crippen LogP contribution in [0.4, 0.5) is 0 Å². The fourth-order valence-corrected chi connectivity index (χ4v) is 2.65. The third-order valence-electron chi connectivity index (χ3n) is 3.89. The lowest BCUT2D eigenvalue weighted by Crippen LogP contribution is -2.34. The normalized spacial score (nSPS) is 25.4. The second kappa shape index (κ2) is 5.69. The van der Waals surface area contributed by atoms with Crippen LogP contribution in [-0.4, -0.2) is 23.1 Å². The van der Waals surface area contributed by atoms with Gasteiger partial charge in [0, 0.05) is 6.04 Å². The Morgan fingerprint density at radius 1 is 1.24 bits per heavy atom. The minimum atomic E-state index is -0.00927. The van der Waals surface area contributed by atoms with Crippen LogP contribution in [0, 0.1) is 5.92 Å². The zero-order valence-electron chi connectivity index (χ0n) is 10.9.